The molecule has 1 aliphatic rings. The Balaban J connectivity index is 1.83. The lowest BCUT2D eigenvalue weighted by atomic mass is 10.2. The summed E-state index contributed by atoms with van der Waals surface area (Å²) in [7, 11) is 0. The fourth-order valence-electron chi connectivity index (χ4n) is 2.36. The van der Waals surface area contributed by atoms with Gasteiger partial charge in [0.25, 0.3) is 0 Å². The average molecular weight is 344 g/mol. The summed E-state index contributed by atoms with van der Waals surface area (Å²) in [4.78, 5) is 12.1. The van der Waals surface area contributed by atoms with Gasteiger partial charge in [-0.25, -0.2) is 0 Å². The van der Waals surface area contributed by atoms with Crippen molar-refractivity contribution in [2.24, 2.45) is 0 Å². The molecule has 1 fully saturated rings. The number of nitrogens with zero attached hydrogens (tertiary/aromatic N) is 2. The third-order valence-corrected chi connectivity index (χ3v) is 3.89. The second-order valence-electron chi connectivity index (χ2n) is 5.39. The predicted molar refractivity (Wildman–Crippen MR) is 79.3 cm³/mol. The van der Waals surface area contributed by atoms with E-state index in [4.69, 9.17) is 11.6 Å². The molecule has 1 N–H and O–H groups in total. The number of aromatic nitrogens is 2. The SMILES string of the molecule is O=C(Cn1nc(C(F)(F)F)c(Cl)c1C1CC1)Nc1ccccc1. The maximum atomic E-state index is 12.9. The summed E-state index contributed by atoms with van der Waals surface area (Å²) in [5, 5.41) is 5.75. The molecule has 3 rings (SSSR count). The van der Waals surface area contributed by atoms with E-state index in [1.807, 2.05) is 0 Å². The summed E-state index contributed by atoms with van der Waals surface area (Å²) < 4.78 is 39.9. The summed E-state index contributed by atoms with van der Waals surface area (Å²) >= 11 is 5.86. The Morgan fingerprint density at radius 1 is 1.30 bits per heavy atom. The number of para-hydroxylation sites is 1. The highest BCUT2D eigenvalue weighted by Gasteiger charge is 2.42. The van der Waals surface area contributed by atoms with Crippen LogP contribution < -0.4 is 5.32 Å². The topological polar surface area (TPSA) is 46.9 Å². The second-order valence-corrected chi connectivity index (χ2v) is 5.77. The molecule has 0 bridgehead atoms. The Kier molecular flexibility index (Phi) is 4.06. The summed E-state index contributed by atoms with van der Waals surface area (Å²) in [6.45, 7) is -0.309. The molecule has 0 unspecified atom stereocenters. The first-order chi connectivity index (χ1) is 10.9. The molecule has 1 saturated carbocycles. The van der Waals surface area contributed by atoms with Gasteiger partial charge in [0.15, 0.2) is 5.69 Å². The molecule has 8 heteroatoms. The first kappa shape index (κ1) is 15.9. The average Bonchev–Trinajstić information content (AvgIpc) is 3.24. The second kappa shape index (κ2) is 5.88. The van der Waals surface area contributed by atoms with Crippen molar-refractivity contribution in [1.82, 2.24) is 9.78 Å². The van der Waals surface area contributed by atoms with Crippen LogP contribution in [0.4, 0.5) is 18.9 Å². The molecule has 23 heavy (non-hydrogen) atoms. The van der Waals surface area contributed by atoms with Gasteiger partial charge in [0.05, 0.1) is 10.7 Å². The molecule has 1 aromatic heterocycles. The van der Waals surface area contributed by atoms with Crippen LogP contribution in [0.25, 0.3) is 0 Å². The highest BCUT2D eigenvalue weighted by atomic mass is 35.5. The molecule has 0 aliphatic heterocycles. The summed E-state index contributed by atoms with van der Waals surface area (Å²) in [6, 6.07) is 8.67. The zero-order chi connectivity index (χ0) is 16.6. The van der Waals surface area contributed by atoms with Crippen LogP contribution in [0.15, 0.2) is 30.3 Å². The minimum atomic E-state index is -4.64. The van der Waals surface area contributed by atoms with Crippen molar-refractivity contribution in [1.29, 1.82) is 0 Å². The number of hydrogen-bond acceptors (Lipinski definition) is 2. The molecule has 0 atom stereocenters. The van der Waals surface area contributed by atoms with Crippen molar-refractivity contribution >= 4 is 23.2 Å². The molecule has 2 aromatic rings. The summed E-state index contributed by atoms with van der Waals surface area (Å²) in [6.07, 6.45) is -3.13. The van der Waals surface area contributed by atoms with Crippen LogP contribution in [0, 0.1) is 0 Å². The molecule has 0 spiro atoms. The van der Waals surface area contributed by atoms with Crippen molar-refractivity contribution in [3.63, 3.8) is 0 Å². The minimum absolute atomic E-state index is 0.0596. The first-order valence-electron chi connectivity index (χ1n) is 7.04. The monoisotopic (exact) mass is 343 g/mol. The number of halogens is 4. The zero-order valence-corrected chi connectivity index (χ0v) is 12.7. The lowest BCUT2D eigenvalue weighted by molar-refractivity contribution is -0.141. The van der Waals surface area contributed by atoms with E-state index in [1.54, 1.807) is 30.3 Å². The van der Waals surface area contributed by atoms with Gasteiger partial charge in [-0.15, -0.1) is 0 Å². The standard InChI is InChI=1S/C15H13ClF3N3O/c16-12-13(9-6-7-9)22(21-14(12)15(17,18)19)8-11(23)20-10-4-2-1-3-5-10/h1-5,9H,6-8H2,(H,20,23). The van der Waals surface area contributed by atoms with Crippen LogP contribution in [0.2, 0.25) is 5.02 Å². The van der Waals surface area contributed by atoms with Gasteiger partial charge in [0, 0.05) is 11.6 Å². The first-order valence-corrected chi connectivity index (χ1v) is 7.42. The molecule has 0 radical (unpaired) electrons. The van der Waals surface area contributed by atoms with E-state index in [0.29, 0.717) is 11.4 Å². The van der Waals surface area contributed by atoms with Gasteiger partial charge >= 0.3 is 6.18 Å². The van der Waals surface area contributed by atoms with E-state index >= 15 is 0 Å². The molecule has 1 aromatic carbocycles. The molecule has 1 aliphatic carbocycles. The van der Waals surface area contributed by atoms with Crippen molar-refractivity contribution < 1.29 is 18.0 Å². The number of hydrogen-bond donors (Lipinski definition) is 1. The molecule has 1 heterocycles. The van der Waals surface area contributed by atoms with Gasteiger partial charge in [0.1, 0.15) is 6.54 Å². The highest BCUT2D eigenvalue weighted by molar-refractivity contribution is 6.32. The Morgan fingerprint density at radius 3 is 2.52 bits per heavy atom. The van der Waals surface area contributed by atoms with E-state index in [9.17, 15) is 18.0 Å². The third kappa shape index (κ3) is 3.50. The smallest absolute Gasteiger partial charge is 0.324 e. The lowest BCUT2D eigenvalue weighted by Gasteiger charge is -2.08. The summed E-state index contributed by atoms with van der Waals surface area (Å²) in [5.41, 5.74) is -0.268. The predicted octanol–water partition coefficient (Wildman–Crippen LogP) is 4.07. The molecule has 122 valence electrons. The maximum Gasteiger partial charge on any atom is 0.436 e. The normalized spacial score (nSPS) is 14.8. The van der Waals surface area contributed by atoms with Gasteiger partial charge in [-0.1, -0.05) is 29.8 Å². The van der Waals surface area contributed by atoms with E-state index in [2.05, 4.69) is 10.4 Å². The summed E-state index contributed by atoms with van der Waals surface area (Å²) in [5.74, 6) is -0.512. The van der Waals surface area contributed by atoms with Crippen LogP contribution in [-0.4, -0.2) is 15.7 Å². The fourth-order valence-corrected chi connectivity index (χ4v) is 2.76. The minimum Gasteiger partial charge on any atom is -0.324 e. The van der Waals surface area contributed by atoms with Crippen LogP contribution in [0.3, 0.4) is 0 Å². The van der Waals surface area contributed by atoms with Gasteiger partial charge in [-0.3, -0.25) is 9.48 Å². The number of carbonyl (C=O) groups is 1. The largest absolute Gasteiger partial charge is 0.436 e. The quantitative estimate of drug-likeness (QED) is 0.909. The van der Waals surface area contributed by atoms with Gasteiger partial charge < -0.3 is 5.32 Å². The maximum absolute atomic E-state index is 12.9. The number of alkyl halides is 3. The number of nitrogens with one attached hydrogen (secondary N) is 1. The van der Waals surface area contributed by atoms with E-state index in [-0.39, 0.29) is 12.5 Å². The molecular formula is C15H13ClF3N3O. The molecule has 0 saturated heterocycles. The van der Waals surface area contributed by atoms with Crippen molar-refractivity contribution in [3.05, 3.63) is 46.7 Å². The Labute approximate surface area is 135 Å². The third-order valence-electron chi connectivity index (χ3n) is 3.52. The zero-order valence-electron chi connectivity index (χ0n) is 11.9. The number of anilines is 1. The van der Waals surface area contributed by atoms with E-state index in [1.165, 1.54) is 0 Å². The van der Waals surface area contributed by atoms with Crippen LogP contribution in [0.5, 0.6) is 0 Å². The van der Waals surface area contributed by atoms with Gasteiger partial charge in [0.2, 0.25) is 5.91 Å². The van der Waals surface area contributed by atoms with E-state index in [0.717, 1.165) is 17.5 Å². The van der Waals surface area contributed by atoms with Crippen LogP contribution in [-0.2, 0) is 17.5 Å². The molecular weight excluding hydrogens is 331 g/mol. The van der Waals surface area contributed by atoms with Crippen LogP contribution >= 0.6 is 11.6 Å². The fraction of sp³-hybridized carbons (Fsp3) is 0.333. The Hall–Kier alpha value is -2.02. The number of carbonyl (C=O) groups excluding carboxylic acids is 1. The lowest BCUT2D eigenvalue weighted by Crippen LogP contribution is -2.21. The van der Waals surface area contributed by atoms with Crippen molar-refractivity contribution in [2.75, 3.05) is 5.32 Å². The number of benzene rings is 1. The molecule has 4 nitrogen and oxygen atoms in total. The number of amides is 1. The Morgan fingerprint density at radius 2 is 1.96 bits per heavy atom. The van der Waals surface area contributed by atoms with Gasteiger partial charge in [-0.2, -0.15) is 18.3 Å². The van der Waals surface area contributed by atoms with Crippen molar-refractivity contribution in [2.45, 2.75) is 31.5 Å². The number of rotatable bonds is 4. The van der Waals surface area contributed by atoms with E-state index < -0.39 is 22.8 Å². The van der Waals surface area contributed by atoms with Crippen LogP contribution in [0.1, 0.15) is 30.1 Å². The Bertz CT molecular complexity index is 724. The highest BCUT2D eigenvalue weighted by Crippen LogP contribution is 2.46. The van der Waals surface area contributed by atoms with Crippen molar-refractivity contribution in [3.8, 4) is 0 Å². The van der Waals surface area contributed by atoms with Gasteiger partial charge in [-0.05, 0) is 25.0 Å². The molecule has 1 amide bonds.